The van der Waals surface area contributed by atoms with Gasteiger partial charge in [-0.3, -0.25) is 4.79 Å². The van der Waals surface area contributed by atoms with Crippen LogP contribution in [0.1, 0.15) is 28.5 Å². The molecule has 0 unspecified atom stereocenters. The fraction of sp³-hybridized carbons (Fsp3) is 0.353. The van der Waals surface area contributed by atoms with Crippen LogP contribution in [0.4, 0.5) is 5.82 Å². The molecule has 0 saturated heterocycles. The third-order valence-electron chi connectivity index (χ3n) is 4.21. The molecule has 1 amide bonds. The first-order valence-electron chi connectivity index (χ1n) is 8.03. The van der Waals surface area contributed by atoms with Crippen LogP contribution in [0.2, 0.25) is 0 Å². The first-order chi connectivity index (χ1) is 11.8. The van der Waals surface area contributed by atoms with E-state index < -0.39 is 0 Å². The Kier molecular flexibility index (Phi) is 3.68. The average Bonchev–Trinajstić information content (AvgIpc) is 3.09. The van der Waals surface area contributed by atoms with Crippen LogP contribution < -0.4 is 14.8 Å². The first kappa shape index (κ1) is 14.7. The van der Waals surface area contributed by atoms with Gasteiger partial charge in [0.25, 0.3) is 5.91 Å². The number of hydrogen-bond donors (Lipinski definition) is 1. The predicted octanol–water partition coefficient (Wildman–Crippen LogP) is 1.84. The van der Waals surface area contributed by atoms with E-state index in [0.29, 0.717) is 36.6 Å². The number of carbonyl (C=O) groups is 1. The van der Waals surface area contributed by atoms with Gasteiger partial charge in [-0.15, -0.1) is 5.10 Å². The zero-order chi connectivity index (χ0) is 16.5. The average molecular weight is 326 g/mol. The summed E-state index contributed by atoms with van der Waals surface area (Å²) in [4.78, 5) is 14.7. The maximum absolute atomic E-state index is 12.9. The molecule has 0 bridgehead atoms. The lowest BCUT2D eigenvalue weighted by molar-refractivity contribution is 0.0728. The number of aromatic nitrogens is 2. The lowest BCUT2D eigenvalue weighted by Crippen LogP contribution is -2.36. The molecule has 0 spiro atoms. The molecule has 1 N–H and O–H groups in total. The monoisotopic (exact) mass is 326 g/mol. The van der Waals surface area contributed by atoms with Gasteiger partial charge in [0, 0.05) is 26.1 Å². The Morgan fingerprint density at radius 3 is 3.12 bits per heavy atom. The molecular weight excluding hydrogens is 308 g/mol. The second kappa shape index (κ2) is 5.99. The van der Waals surface area contributed by atoms with Crippen molar-refractivity contribution in [3.05, 3.63) is 41.1 Å². The number of nitrogens with zero attached hydrogens (tertiary/aromatic N) is 3. The summed E-state index contributed by atoms with van der Waals surface area (Å²) in [5.41, 5.74) is 2.53. The number of nitrogens with one attached hydrogen (secondary N) is 1. The number of benzene rings is 1. The van der Waals surface area contributed by atoms with Gasteiger partial charge in [-0.1, -0.05) is 6.07 Å². The summed E-state index contributed by atoms with van der Waals surface area (Å²) < 4.78 is 10.8. The molecule has 0 saturated carbocycles. The minimum absolute atomic E-state index is 0.0511. The Morgan fingerprint density at radius 2 is 2.25 bits per heavy atom. The van der Waals surface area contributed by atoms with Crippen LogP contribution in [0.5, 0.6) is 11.5 Å². The number of carbonyl (C=O) groups excluding carboxylic acids is 1. The van der Waals surface area contributed by atoms with Crippen molar-refractivity contribution < 1.29 is 14.3 Å². The summed E-state index contributed by atoms with van der Waals surface area (Å²) in [7, 11) is 0. The zero-order valence-corrected chi connectivity index (χ0v) is 13.4. The second-order valence-corrected chi connectivity index (χ2v) is 5.75. The summed E-state index contributed by atoms with van der Waals surface area (Å²) in [5, 5.41) is 11.6. The summed E-state index contributed by atoms with van der Waals surface area (Å²) in [6, 6.07) is 7.37. The van der Waals surface area contributed by atoms with Crippen LogP contribution >= 0.6 is 0 Å². The first-order valence-corrected chi connectivity index (χ1v) is 8.03. The number of para-hydroxylation sites is 1. The standard InChI is InChI=1S/C17H18N4O3/c1-2-18-15-8-11-9-21(7-6-13(11)19-20-15)17(22)12-4-3-5-14-16(12)24-10-23-14/h3-5,8H,2,6-7,9-10H2,1H3,(H,18,20). The number of rotatable bonds is 3. The lowest BCUT2D eigenvalue weighted by Gasteiger charge is -2.28. The third-order valence-corrected chi connectivity index (χ3v) is 4.21. The maximum atomic E-state index is 12.9. The Hall–Kier alpha value is -2.83. The quantitative estimate of drug-likeness (QED) is 0.927. The number of amides is 1. The predicted molar refractivity (Wildman–Crippen MR) is 87.2 cm³/mol. The van der Waals surface area contributed by atoms with Crippen molar-refractivity contribution >= 4 is 11.7 Å². The van der Waals surface area contributed by atoms with E-state index in [1.807, 2.05) is 30.0 Å². The molecule has 2 aromatic rings. The van der Waals surface area contributed by atoms with Crippen molar-refractivity contribution in [2.24, 2.45) is 0 Å². The van der Waals surface area contributed by atoms with Crippen LogP contribution in [-0.4, -0.2) is 40.9 Å². The molecule has 7 nitrogen and oxygen atoms in total. The molecule has 2 aliphatic rings. The molecule has 124 valence electrons. The highest BCUT2D eigenvalue weighted by Gasteiger charge is 2.28. The smallest absolute Gasteiger partial charge is 0.258 e. The van der Waals surface area contributed by atoms with E-state index in [2.05, 4.69) is 15.5 Å². The molecule has 0 fully saturated rings. The molecule has 24 heavy (non-hydrogen) atoms. The summed E-state index contributed by atoms with van der Waals surface area (Å²) in [6.45, 7) is 4.08. The Morgan fingerprint density at radius 1 is 1.33 bits per heavy atom. The SMILES string of the molecule is CCNc1cc2c(nn1)CCN(C(=O)c1cccc3c1OCO3)C2. The van der Waals surface area contributed by atoms with E-state index in [-0.39, 0.29) is 12.7 Å². The third kappa shape index (κ3) is 2.51. The van der Waals surface area contributed by atoms with Gasteiger partial charge in [0.1, 0.15) is 5.82 Å². The maximum Gasteiger partial charge on any atom is 0.258 e. The van der Waals surface area contributed by atoms with Crippen molar-refractivity contribution in [1.29, 1.82) is 0 Å². The van der Waals surface area contributed by atoms with Crippen LogP contribution in [0, 0.1) is 0 Å². The van der Waals surface area contributed by atoms with Crippen molar-refractivity contribution in [2.45, 2.75) is 19.9 Å². The van der Waals surface area contributed by atoms with Gasteiger partial charge in [0.15, 0.2) is 11.5 Å². The molecule has 3 heterocycles. The van der Waals surface area contributed by atoms with Gasteiger partial charge in [0.2, 0.25) is 6.79 Å². The van der Waals surface area contributed by atoms with Gasteiger partial charge >= 0.3 is 0 Å². The highest BCUT2D eigenvalue weighted by molar-refractivity contribution is 5.98. The van der Waals surface area contributed by atoms with E-state index >= 15 is 0 Å². The number of anilines is 1. The fourth-order valence-corrected chi connectivity index (χ4v) is 3.04. The summed E-state index contributed by atoms with van der Waals surface area (Å²) in [5.74, 6) is 1.85. The van der Waals surface area contributed by atoms with Gasteiger partial charge < -0.3 is 19.7 Å². The lowest BCUT2D eigenvalue weighted by atomic mass is 10.0. The number of hydrogen-bond acceptors (Lipinski definition) is 6. The molecule has 1 aromatic carbocycles. The molecule has 0 radical (unpaired) electrons. The van der Waals surface area contributed by atoms with Crippen LogP contribution in [-0.2, 0) is 13.0 Å². The zero-order valence-electron chi connectivity index (χ0n) is 13.4. The van der Waals surface area contributed by atoms with Crippen molar-refractivity contribution in [2.75, 3.05) is 25.2 Å². The van der Waals surface area contributed by atoms with Gasteiger partial charge in [-0.2, -0.15) is 5.10 Å². The minimum Gasteiger partial charge on any atom is -0.454 e. The second-order valence-electron chi connectivity index (χ2n) is 5.75. The Balaban J connectivity index is 1.59. The van der Waals surface area contributed by atoms with Crippen LogP contribution in [0.25, 0.3) is 0 Å². The van der Waals surface area contributed by atoms with Crippen molar-refractivity contribution in [3.63, 3.8) is 0 Å². The topological polar surface area (TPSA) is 76.6 Å². The molecule has 0 atom stereocenters. The molecule has 0 aliphatic carbocycles. The molecule has 7 heteroatoms. The molecular formula is C17H18N4O3. The Bertz CT molecular complexity index is 793. The van der Waals surface area contributed by atoms with Crippen molar-refractivity contribution in [1.82, 2.24) is 15.1 Å². The minimum atomic E-state index is -0.0511. The highest BCUT2D eigenvalue weighted by atomic mass is 16.7. The summed E-state index contributed by atoms with van der Waals surface area (Å²) >= 11 is 0. The van der Waals surface area contributed by atoms with Gasteiger partial charge in [-0.25, -0.2) is 0 Å². The molecule has 1 aromatic heterocycles. The largest absolute Gasteiger partial charge is 0.454 e. The summed E-state index contributed by atoms with van der Waals surface area (Å²) in [6.07, 6.45) is 0.701. The van der Waals surface area contributed by atoms with Gasteiger partial charge in [-0.05, 0) is 30.7 Å². The fourth-order valence-electron chi connectivity index (χ4n) is 3.04. The van der Waals surface area contributed by atoms with Crippen LogP contribution in [0.3, 0.4) is 0 Å². The Labute approximate surface area is 139 Å². The number of ether oxygens (including phenoxy) is 2. The molecule has 2 aliphatic heterocycles. The van der Waals surface area contributed by atoms with E-state index in [1.54, 1.807) is 6.07 Å². The van der Waals surface area contributed by atoms with E-state index in [0.717, 1.165) is 23.6 Å². The highest BCUT2D eigenvalue weighted by Crippen LogP contribution is 2.36. The van der Waals surface area contributed by atoms with Gasteiger partial charge in [0.05, 0.1) is 11.3 Å². The van der Waals surface area contributed by atoms with E-state index in [9.17, 15) is 4.79 Å². The normalized spacial score (nSPS) is 15.1. The van der Waals surface area contributed by atoms with E-state index in [1.165, 1.54) is 0 Å². The van der Waals surface area contributed by atoms with E-state index in [4.69, 9.17) is 9.47 Å². The number of fused-ring (bicyclic) bond motifs is 2. The van der Waals surface area contributed by atoms with Crippen LogP contribution in [0.15, 0.2) is 24.3 Å². The van der Waals surface area contributed by atoms with Crippen molar-refractivity contribution in [3.8, 4) is 11.5 Å². The molecule has 4 rings (SSSR count).